The lowest BCUT2D eigenvalue weighted by Crippen LogP contribution is -2.33. The van der Waals surface area contributed by atoms with Crippen LogP contribution >= 0.6 is 11.6 Å². The van der Waals surface area contributed by atoms with Crippen molar-refractivity contribution in [3.63, 3.8) is 0 Å². The molecular formula is C27H24ClFN6. The molecule has 6 rings (SSSR count). The van der Waals surface area contributed by atoms with Crippen molar-refractivity contribution in [1.29, 1.82) is 0 Å². The lowest BCUT2D eigenvalue weighted by molar-refractivity contribution is 0.487. The molecule has 176 valence electrons. The maximum atomic E-state index is 13.3. The van der Waals surface area contributed by atoms with Gasteiger partial charge in [0.15, 0.2) is 0 Å². The van der Waals surface area contributed by atoms with E-state index in [4.69, 9.17) is 16.6 Å². The first-order valence-electron chi connectivity index (χ1n) is 11.7. The number of aromatic nitrogens is 5. The van der Waals surface area contributed by atoms with Crippen LogP contribution in [0.1, 0.15) is 30.3 Å². The standard InChI is InChI=1S/C27H24ClFN6/c1-16-24(18-2-6-20(28)7-3-18)34-25(32-16)19-10-12-35(13-11-19)27-22-14-23(33-26(22)30-15-31-27)17-4-8-21(29)9-5-17/h2-9,14-15,19H,10-13H2,1H3,(H,32,34)(H,30,31,33). The van der Waals surface area contributed by atoms with Gasteiger partial charge in [-0.3, -0.25) is 0 Å². The van der Waals surface area contributed by atoms with E-state index >= 15 is 0 Å². The van der Waals surface area contributed by atoms with E-state index in [0.717, 1.165) is 81.8 Å². The predicted octanol–water partition coefficient (Wildman–Crippen LogP) is 6.50. The summed E-state index contributed by atoms with van der Waals surface area (Å²) < 4.78 is 13.3. The molecule has 0 amide bonds. The molecule has 0 atom stereocenters. The summed E-state index contributed by atoms with van der Waals surface area (Å²) in [6.45, 7) is 3.82. The van der Waals surface area contributed by atoms with E-state index < -0.39 is 0 Å². The molecule has 8 heteroatoms. The number of H-pyrrole nitrogens is 2. The van der Waals surface area contributed by atoms with Gasteiger partial charge in [-0.2, -0.15) is 0 Å². The van der Waals surface area contributed by atoms with Crippen molar-refractivity contribution in [3.8, 4) is 22.5 Å². The minimum Gasteiger partial charge on any atom is -0.356 e. The number of hydrogen-bond acceptors (Lipinski definition) is 4. The van der Waals surface area contributed by atoms with Crippen LogP contribution in [-0.2, 0) is 0 Å². The minimum absolute atomic E-state index is 0.250. The van der Waals surface area contributed by atoms with Crippen LogP contribution in [0.25, 0.3) is 33.5 Å². The van der Waals surface area contributed by atoms with Crippen molar-refractivity contribution in [2.75, 3.05) is 18.0 Å². The number of hydrogen-bond donors (Lipinski definition) is 2. The molecule has 0 bridgehead atoms. The number of benzene rings is 2. The van der Waals surface area contributed by atoms with Crippen LogP contribution < -0.4 is 4.90 Å². The molecule has 1 saturated heterocycles. The predicted molar refractivity (Wildman–Crippen MR) is 137 cm³/mol. The summed E-state index contributed by atoms with van der Waals surface area (Å²) in [4.78, 5) is 23.2. The van der Waals surface area contributed by atoms with Gasteiger partial charge in [0.25, 0.3) is 0 Å². The number of aromatic amines is 2. The number of aryl methyl sites for hydroxylation is 1. The van der Waals surface area contributed by atoms with E-state index in [1.807, 2.05) is 24.3 Å². The Balaban J connectivity index is 1.21. The number of halogens is 2. The molecule has 0 aliphatic carbocycles. The Morgan fingerprint density at radius 2 is 1.66 bits per heavy atom. The molecule has 0 radical (unpaired) electrons. The molecule has 6 nitrogen and oxygen atoms in total. The summed E-state index contributed by atoms with van der Waals surface area (Å²) in [5, 5.41) is 1.70. The normalized spacial score (nSPS) is 14.7. The smallest absolute Gasteiger partial charge is 0.143 e. The van der Waals surface area contributed by atoms with Crippen molar-refractivity contribution in [2.24, 2.45) is 0 Å². The van der Waals surface area contributed by atoms with Crippen LogP contribution in [0.15, 0.2) is 60.9 Å². The van der Waals surface area contributed by atoms with Gasteiger partial charge < -0.3 is 14.9 Å². The highest BCUT2D eigenvalue weighted by molar-refractivity contribution is 6.30. The number of piperidine rings is 1. The van der Waals surface area contributed by atoms with E-state index in [1.165, 1.54) is 12.1 Å². The largest absolute Gasteiger partial charge is 0.356 e. The molecule has 4 heterocycles. The summed E-state index contributed by atoms with van der Waals surface area (Å²) >= 11 is 6.05. The van der Waals surface area contributed by atoms with Gasteiger partial charge >= 0.3 is 0 Å². The number of anilines is 1. The highest BCUT2D eigenvalue weighted by atomic mass is 35.5. The monoisotopic (exact) mass is 486 g/mol. The summed E-state index contributed by atoms with van der Waals surface area (Å²) in [6, 6.07) is 16.3. The second kappa shape index (κ2) is 8.82. The molecule has 35 heavy (non-hydrogen) atoms. The Hall–Kier alpha value is -3.71. The molecule has 1 aliphatic heterocycles. The Morgan fingerprint density at radius 3 is 2.40 bits per heavy atom. The lowest BCUT2D eigenvalue weighted by atomic mass is 9.96. The average Bonchev–Trinajstić information content (AvgIpc) is 3.49. The van der Waals surface area contributed by atoms with E-state index in [9.17, 15) is 4.39 Å². The average molecular weight is 487 g/mol. The second-order valence-corrected chi connectivity index (χ2v) is 9.45. The lowest BCUT2D eigenvalue weighted by Gasteiger charge is -2.32. The summed E-state index contributed by atoms with van der Waals surface area (Å²) in [5.41, 5.74) is 5.72. The van der Waals surface area contributed by atoms with Crippen LogP contribution in [-0.4, -0.2) is 38.0 Å². The maximum absolute atomic E-state index is 13.3. The zero-order chi connectivity index (χ0) is 23.9. The van der Waals surface area contributed by atoms with E-state index in [2.05, 4.69) is 37.8 Å². The topological polar surface area (TPSA) is 73.5 Å². The van der Waals surface area contributed by atoms with Crippen LogP contribution in [0.5, 0.6) is 0 Å². The number of nitrogens with one attached hydrogen (secondary N) is 2. The fourth-order valence-corrected chi connectivity index (χ4v) is 5.02. The molecule has 0 spiro atoms. The summed E-state index contributed by atoms with van der Waals surface area (Å²) in [5.74, 6) is 2.08. The fourth-order valence-electron chi connectivity index (χ4n) is 4.89. The summed E-state index contributed by atoms with van der Waals surface area (Å²) in [6.07, 6.45) is 3.56. The van der Waals surface area contributed by atoms with Crippen molar-refractivity contribution in [3.05, 3.63) is 83.3 Å². The van der Waals surface area contributed by atoms with Gasteiger partial charge in [-0.15, -0.1) is 0 Å². The zero-order valence-corrected chi connectivity index (χ0v) is 20.0. The molecule has 5 aromatic rings. The number of rotatable bonds is 4. The van der Waals surface area contributed by atoms with Crippen molar-refractivity contribution in [2.45, 2.75) is 25.7 Å². The zero-order valence-electron chi connectivity index (χ0n) is 19.2. The van der Waals surface area contributed by atoms with Gasteiger partial charge in [-0.05, 0) is 67.8 Å². The number of fused-ring (bicyclic) bond motifs is 1. The van der Waals surface area contributed by atoms with E-state index in [-0.39, 0.29) is 5.82 Å². The molecule has 2 N–H and O–H groups in total. The first kappa shape index (κ1) is 21.8. The Morgan fingerprint density at radius 1 is 0.943 bits per heavy atom. The van der Waals surface area contributed by atoms with Crippen LogP contribution in [0.3, 0.4) is 0 Å². The van der Waals surface area contributed by atoms with Gasteiger partial charge in [0.2, 0.25) is 0 Å². The molecule has 1 aliphatic rings. The Kier molecular flexibility index (Phi) is 5.49. The van der Waals surface area contributed by atoms with E-state index in [1.54, 1.807) is 18.5 Å². The summed E-state index contributed by atoms with van der Waals surface area (Å²) in [7, 11) is 0. The van der Waals surface area contributed by atoms with Gasteiger partial charge in [0.1, 0.15) is 29.4 Å². The SMILES string of the molecule is Cc1[nH]c(C2CCN(c3ncnc4[nH]c(-c5ccc(F)cc5)cc34)CC2)nc1-c1ccc(Cl)cc1. The highest BCUT2D eigenvalue weighted by Gasteiger charge is 2.26. The minimum atomic E-state index is -0.250. The van der Waals surface area contributed by atoms with Crippen LogP contribution in [0, 0.1) is 12.7 Å². The highest BCUT2D eigenvalue weighted by Crippen LogP contribution is 2.34. The first-order chi connectivity index (χ1) is 17.0. The quantitative estimate of drug-likeness (QED) is 0.304. The third-order valence-electron chi connectivity index (χ3n) is 6.76. The number of nitrogens with zero attached hydrogens (tertiary/aromatic N) is 4. The Bertz CT molecular complexity index is 1480. The molecule has 2 aromatic carbocycles. The molecule has 0 unspecified atom stereocenters. The number of imidazole rings is 1. The van der Waals surface area contributed by atoms with Gasteiger partial charge in [0.05, 0.1) is 11.1 Å². The van der Waals surface area contributed by atoms with Crippen molar-refractivity contribution < 1.29 is 4.39 Å². The fraction of sp³-hybridized carbons (Fsp3) is 0.222. The van der Waals surface area contributed by atoms with Crippen molar-refractivity contribution in [1.82, 2.24) is 24.9 Å². The molecule has 1 fully saturated rings. The maximum Gasteiger partial charge on any atom is 0.143 e. The van der Waals surface area contributed by atoms with Gasteiger partial charge in [0, 0.05) is 41.0 Å². The second-order valence-electron chi connectivity index (χ2n) is 9.01. The molecular weight excluding hydrogens is 463 g/mol. The van der Waals surface area contributed by atoms with Crippen molar-refractivity contribution >= 4 is 28.5 Å². The third-order valence-corrected chi connectivity index (χ3v) is 7.01. The van der Waals surface area contributed by atoms with E-state index in [0.29, 0.717) is 5.92 Å². The van der Waals surface area contributed by atoms with Gasteiger partial charge in [-0.25, -0.2) is 19.3 Å². The molecule has 0 saturated carbocycles. The van der Waals surface area contributed by atoms with Crippen LogP contribution in [0.2, 0.25) is 5.02 Å². The van der Waals surface area contributed by atoms with Gasteiger partial charge in [-0.1, -0.05) is 23.7 Å². The third kappa shape index (κ3) is 4.17. The molecule has 3 aromatic heterocycles. The first-order valence-corrected chi connectivity index (χ1v) is 12.1. The Labute approximate surface area is 207 Å². The van der Waals surface area contributed by atoms with Crippen LogP contribution in [0.4, 0.5) is 10.2 Å².